The molecule has 0 saturated carbocycles. The predicted molar refractivity (Wildman–Crippen MR) is 70.1 cm³/mol. The first-order valence-electron chi connectivity index (χ1n) is 5.14. The molecule has 0 bridgehead atoms. The molecule has 0 radical (unpaired) electrons. The van der Waals surface area contributed by atoms with Gasteiger partial charge in [0.2, 0.25) is 0 Å². The lowest BCUT2D eigenvalue weighted by Gasteiger charge is -2.15. The predicted octanol–water partition coefficient (Wildman–Crippen LogP) is 3.01. The Morgan fingerprint density at radius 2 is 2.12 bits per heavy atom. The summed E-state index contributed by atoms with van der Waals surface area (Å²) < 4.78 is 5.33. The summed E-state index contributed by atoms with van der Waals surface area (Å²) in [6.07, 6.45) is 0. The summed E-state index contributed by atoms with van der Waals surface area (Å²) in [5.41, 5.74) is 3.16. The molecule has 0 spiro atoms. The molecule has 3 heteroatoms. The standard InChI is InChI=1S/C13H18ClNO/c1-10(8-14)11-5-6-13(16-4)12(7-11)9-15(2)3/h5-7H,1,8-9H2,2-4H3. The molecule has 0 N–H and O–H groups in total. The van der Waals surface area contributed by atoms with Crippen LogP contribution < -0.4 is 4.74 Å². The minimum atomic E-state index is 0.452. The highest BCUT2D eigenvalue weighted by Gasteiger charge is 2.07. The lowest BCUT2D eigenvalue weighted by atomic mass is 10.0. The zero-order valence-electron chi connectivity index (χ0n) is 10.1. The molecule has 0 amide bonds. The van der Waals surface area contributed by atoms with Crippen molar-refractivity contribution in [2.75, 3.05) is 27.1 Å². The summed E-state index contributed by atoms with van der Waals surface area (Å²) in [5, 5.41) is 0. The van der Waals surface area contributed by atoms with Gasteiger partial charge in [0.05, 0.1) is 7.11 Å². The first kappa shape index (κ1) is 13.1. The molecule has 0 aliphatic heterocycles. The highest BCUT2D eigenvalue weighted by molar-refractivity contribution is 6.23. The van der Waals surface area contributed by atoms with Crippen LogP contribution in [0, 0.1) is 0 Å². The first-order chi connectivity index (χ1) is 7.58. The van der Waals surface area contributed by atoms with E-state index in [4.69, 9.17) is 16.3 Å². The zero-order valence-corrected chi connectivity index (χ0v) is 10.8. The molecule has 0 heterocycles. The van der Waals surface area contributed by atoms with Crippen LogP contribution in [0.2, 0.25) is 0 Å². The number of hydrogen-bond donors (Lipinski definition) is 0. The highest BCUT2D eigenvalue weighted by atomic mass is 35.5. The number of hydrogen-bond acceptors (Lipinski definition) is 2. The van der Waals surface area contributed by atoms with Gasteiger partial charge in [-0.15, -0.1) is 11.6 Å². The number of halogens is 1. The lowest BCUT2D eigenvalue weighted by molar-refractivity contribution is 0.372. The second kappa shape index (κ2) is 5.92. The number of benzene rings is 1. The Kier molecular flexibility index (Phi) is 4.84. The van der Waals surface area contributed by atoms with E-state index in [9.17, 15) is 0 Å². The van der Waals surface area contributed by atoms with Gasteiger partial charge < -0.3 is 9.64 Å². The second-order valence-corrected chi connectivity index (χ2v) is 4.27. The van der Waals surface area contributed by atoms with Crippen LogP contribution in [0.15, 0.2) is 24.8 Å². The van der Waals surface area contributed by atoms with Crippen molar-refractivity contribution < 1.29 is 4.74 Å². The summed E-state index contributed by atoms with van der Waals surface area (Å²) in [4.78, 5) is 2.10. The van der Waals surface area contributed by atoms with Gasteiger partial charge in [-0.05, 0) is 37.4 Å². The maximum absolute atomic E-state index is 5.78. The minimum Gasteiger partial charge on any atom is -0.496 e. The third-order valence-corrected chi connectivity index (χ3v) is 2.66. The Labute approximate surface area is 102 Å². The number of nitrogens with zero attached hydrogens (tertiary/aromatic N) is 1. The van der Waals surface area contributed by atoms with Crippen LogP contribution in [0.4, 0.5) is 0 Å². The van der Waals surface area contributed by atoms with Crippen LogP contribution in [0.1, 0.15) is 11.1 Å². The molecule has 88 valence electrons. The Morgan fingerprint density at radius 3 is 2.62 bits per heavy atom. The molecule has 0 aliphatic carbocycles. The SMILES string of the molecule is C=C(CCl)c1ccc(OC)c(CN(C)C)c1. The van der Waals surface area contributed by atoms with Crippen LogP contribution in [0.25, 0.3) is 5.57 Å². The molecular formula is C13H18ClNO. The van der Waals surface area contributed by atoms with Crippen LogP contribution in [-0.2, 0) is 6.54 Å². The lowest BCUT2D eigenvalue weighted by Crippen LogP contribution is -2.11. The number of methoxy groups -OCH3 is 1. The van der Waals surface area contributed by atoms with Gasteiger partial charge in [0.15, 0.2) is 0 Å². The molecule has 1 aromatic rings. The normalized spacial score (nSPS) is 10.6. The molecule has 0 fully saturated rings. The summed E-state index contributed by atoms with van der Waals surface area (Å²) >= 11 is 5.78. The third-order valence-electron chi connectivity index (χ3n) is 2.34. The smallest absolute Gasteiger partial charge is 0.123 e. The van der Waals surface area contributed by atoms with Gasteiger partial charge in [-0.25, -0.2) is 0 Å². The van der Waals surface area contributed by atoms with Crippen LogP contribution in [-0.4, -0.2) is 32.0 Å². The molecule has 2 nitrogen and oxygen atoms in total. The van der Waals surface area contributed by atoms with E-state index in [-0.39, 0.29) is 0 Å². The molecule has 1 aromatic carbocycles. The van der Waals surface area contributed by atoms with Gasteiger partial charge in [-0.1, -0.05) is 12.6 Å². The van der Waals surface area contributed by atoms with E-state index in [2.05, 4.69) is 17.5 Å². The van der Waals surface area contributed by atoms with Crippen molar-refractivity contribution in [3.05, 3.63) is 35.9 Å². The van der Waals surface area contributed by atoms with Crippen molar-refractivity contribution in [2.24, 2.45) is 0 Å². The number of alkyl halides is 1. The quantitative estimate of drug-likeness (QED) is 0.733. The summed E-state index contributed by atoms with van der Waals surface area (Å²) in [7, 11) is 5.75. The average Bonchev–Trinajstić information content (AvgIpc) is 2.27. The van der Waals surface area contributed by atoms with Crippen molar-refractivity contribution in [1.82, 2.24) is 4.90 Å². The molecule has 0 aliphatic rings. The Bertz CT molecular complexity index is 374. The van der Waals surface area contributed by atoms with E-state index >= 15 is 0 Å². The van der Waals surface area contributed by atoms with Gasteiger partial charge >= 0.3 is 0 Å². The van der Waals surface area contributed by atoms with E-state index in [0.717, 1.165) is 29.0 Å². The fraction of sp³-hybridized carbons (Fsp3) is 0.385. The van der Waals surface area contributed by atoms with E-state index in [0.29, 0.717) is 5.88 Å². The molecule has 16 heavy (non-hydrogen) atoms. The number of ether oxygens (including phenoxy) is 1. The second-order valence-electron chi connectivity index (χ2n) is 4.00. The van der Waals surface area contributed by atoms with E-state index < -0.39 is 0 Å². The largest absolute Gasteiger partial charge is 0.496 e. The summed E-state index contributed by atoms with van der Waals surface area (Å²) in [6, 6.07) is 6.04. The van der Waals surface area contributed by atoms with Crippen molar-refractivity contribution >= 4 is 17.2 Å². The van der Waals surface area contributed by atoms with Crippen molar-refractivity contribution in [1.29, 1.82) is 0 Å². The molecular weight excluding hydrogens is 222 g/mol. The van der Waals surface area contributed by atoms with Gasteiger partial charge in [-0.2, -0.15) is 0 Å². The Balaban J connectivity index is 3.05. The zero-order chi connectivity index (χ0) is 12.1. The third kappa shape index (κ3) is 3.26. The van der Waals surface area contributed by atoms with Crippen molar-refractivity contribution in [2.45, 2.75) is 6.54 Å². The maximum atomic E-state index is 5.78. The molecule has 0 unspecified atom stereocenters. The Hall–Kier alpha value is -0.990. The monoisotopic (exact) mass is 239 g/mol. The van der Waals surface area contributed by atoms with Gasteiger partial charge in [-0.3, -0.25) is 0 Å². The highest BCUT2D eigenvalue weighted by Crippen LogP contribution is 2.24. The molecule has 1 rings (SSSR count). The van der Waals surface area contributed by atoms with Gasteiger partial charge in [0, 0.05) is 18.0 Å². The van der Waals surface area contributed by atoms with Crippen molar-refractivity contribution in [3.63, 3.8) is 0 Å². The van der Waals surface area contributed by atoms with E-state index in [1.807, 2.05) is 26.2 Å². The summed E-state index contributed by atoms with van der Waals surface area (Å²) in [5.74, 6) is 1.35. The minimum absolute atomic E-state index is 0.452. The number of rotatable bonds is 5. The fourth-order valence-electron chi connectivity index (χ4n) is 1.54. The Morgan fingerprint density at radius 1 is 1.44 bits per heavy atom. The number of allylic oxidation sites excluding steroid dienone is 1. The van der Waals surface area contributed by atoms with Crippen LogP contribution in [0.5, 0.6) is 5.75 Å². The van der Waals surface area contributed by atoms with E-state index in [1.54, 1.807) is 7.11 Å². The van der Waals surface area contributed by atoms with E-state index in [1.165, 1.54) is 0 Å². The van der Waals surface area contributed by atoms with Crippen LogP contribution in [0.3, 0.4) is 0 Å². The van der Waals surface area contributed by atoms with Gasteiger partial charge in [0.1, 0.15) is 5.75 Å². The van der Waals surface area contributed by atoms with Gasteiger partial charge in [0.25, 0.3) is 0 Å². The molecule has 0 aromatic heterocycles. The topological polar surface area (TPSA) is 12.5 Å². The first-order valence-corrected chi connectivity index (χ1v) is 5.67. The fourth-order valence-corrected chi connectivity index (χ4v) is 1.69. The maximum Gasteiger partial charge on any atom is 0.123 e. The van der Waals surface area contributed by atoms with Crippen molar-refractivity contribution in [3.8, 4) is 5.75 Å². The van der Waals surface area contributed by atoms with Crippen LogP contribution >= 0.6 is 11.6 Å². The average molecular weight is 240 g/mol. The molecule has 0 atom stereocenters. The summed E-state index contributed by atoms with van der Waals surface area (Å²) in [6.45, 7) is 4.77. The molecule has 0 saturated heterocycles.